The van der Waals surface area contributed by atoms with Crippen LogP contribution in [0.5, 0.6) is 0 Å². The topological polar surface area (TPSA) is 90.5 Å². The Morgan fingerprint density at radius 3 is 2.81 bits per heavy atom. The molecule has 2 aliphatic rings. The summed E-state index contributed by atoms with van der Waals surface area (Å²) in [6.45, 7) is 2.47. The Morgan fingerprint density at radius 1 is 1.30 bits per heavy atom. The van der Waals surface area contributed by atoms with E-state index in [4.69, 9.17) is 9.26 Å². The average molecular weight is 394 g/mol. The van der Waals surface area contributed by atoms with Crippen LogP contribution in [-0.2, 0) is 34.2 Å². The summed E-state index contributed by atoms with van der Waals surface area (Å²) >= 11 is 0. The summed E-state index contributed by atoms with van der Waals surface area (Å²) in [5, 5.41) is 4.12. The highest BCUT2D eigenvalue weighted by Gasteiger charge is 2.33. The van der Waals surface area contributed by atoms with Gasteiger partial charge in [0.15, 0.2) is 0 Å². The van der Waals surface area contributed by atoms with E-state index in [1.54, 1.807) is 12.5 Å². The number of aromatic nitrogens is 3. The van der Waals surface area contributed by atoms with Gasteiger partial charge >= 0.3 is 0 Å². The summed E-state index contributed by atoms with van der Waals surface area (Å²) in [7, 11) is -1.42. The van der Waals surface area contributed by atoms with Crippen molar-refractivity contribution in [2.75, 3.05) is 19.4 Å². The van der Waals surface area contributed by atoms with Gasteiger partial charge in [-0.1, -0.05) is 5.16 Å². The Kier molecular flexibility index (Phi) is 5.34. The van der Waals surface area contributed by atoms with Crippen molar-refractivity contribution in [3.63, 3.8) is 0 Å². The van der Waals surface area contributed by atoms with E-state index in [-0.39, 0.29) is 17.0 Å². The molecule has 148 valence electrons. The van der Waals surface area contributed by atoms with Crippen LogP contribution in [-0.4, -0.2) is 53.5 Å². The summed E-state index contributed by atoms with van der Waals surface area (Å²) < 4.78 is 38.2. The molecular weight excluding hydrogens is 368 g/mol. The molecule has 1 aliphatic carbocycles. The van der Waals surface area contributed by atoms with E-state index in [2.05, 4.69) is 15.0 Å². The number of hydrogen-bond donors (Lipinski definition) is 0. The van der Waals surface area contributed by atoms with Crippen molar-refractivity contribution in [1.82, 2.24) is 19.6 Å². The zero-order valence-corrected chi connectivity index (χ0v) is 16.4. The minimum atomic E-state index is -3.38. The molecular formula is C18H26N4O4S. The maximum Gasteiger partial charge on any atom is 0.227 e. The maximum atomic E-state index is 12.9. The molecule has 3 heterocycles. The molecule has 2 aromatic rings. The van der Waals surface area contributed by atoms with E-state index in [1.165, 1.54) is 0 Å². The highest BCUT2D eigenvalue weighted by molar-refractivity contribution is 7.91. The first-order valence-corrected chi connectivity index (χ1v) is 11.1. The monoisotopic (exact) mass is 394 g/mol. The summed E-state index contributed by atoms with van der Waals surface area (Å²) in [4.78, 5) is 6.39. The van der Waals surface area contributed by atoms with Crippen LogP contribution in [0.3, 0.4) is 0 Å². The number of sulfone groups is 1. The Hall–Kier alpha value is -1.71. The van der Waals surface area contributed by atoms with E-state index in [0.29, 0.717) is 25.6 Å². The lowest BCUT2D eigenvalue weighted by Crippen LogP contribution is -2.25. The third-order valence-corrected chi connectivity index (χ3v) is 6.89. The van der Waals surface area contributed by atoms with Crippen LogP contribution in [0.15, 0.2) is 28.2 Å². The van der Waals surface area contributed by atoms with E-state index < -0.39 is 9.84 Å². The predicted octanol–water partition coefficient (Wildman–Crippen LogP) is 1.87. The fourth-order valence-electron chi connectivity index (χ4n) is 3.55. The van der Waals surface area contributed by atoms with Gasteiger partial charge in [0.1, 0.15) is 6.26 Å². The zero-order chi connectivity index (χ0) is 18.9. The normalized spacial score (nSPS) is 20.6. The minimum absolute atomic E-state index is 0.0497. The Labute approximate surface area is 159 Å². The molecule has 0 aromatic carbocycles. The lowest BCUT2D eigenvalue weighted by molar-refractivity contribution is 0.0934. The van der Waals surface area contributed by atoms with Gasteiger partial charge in [-0.2, -0.15) is 0 Å². The predicted molar refractivity (Wildman–Crippen MR) is 97.7 cm³/mol. The molecule has 0 N–H and O–H groups in total. The first-order chi connectivity index (χ1) is 13.0. The lowest BCUT2D eigenvalue weighted by Gasteiger charge is -2.19. The molecule has 0 radical (unpaired) electrons. The molecule has 1 aliphatic heterocycles. The third-order valence-electron chi connectivity index (χ3n) is 5.10. The third kappa shape index (κ3) is 4.59. The van der Waals surface area contributed by atoms with Crippen LogP contribution < -0.4 is 0 Å². The number of ether oxygens (including phenoxy) is 1. The van der Waals surface area contributed by atoms with Crippen molar-refractivity contribution >= 4 is 9.84 Å². The van der Waals surface area contributed by atoms with Gasteiger partial charge in [-0.25, -0.2) is 13.4 Å². The fraction of sp³-hybridized carbons (Fsp3) is 0.667. The minimum Gasteiger partial charge on any atom is -0.376 e. The molecule has 27 heavy (non-hydrogen) atoms. The van der Waals surface area contributed by atoms with Crippen LogP contribution in [0.1, 0.15) is 37.1 Å². The largest absolute Gasteiger partial charge is 0.376 e. The summed E-state index contributed by atoms with van der Waals surface area (Å²) in [6, 6.07) is 1.83. The second-order valence-electron chi connectivity index (χ2n) is 7.67. The van der Waals surface area contributed by atoms with Crippen LogP contribution in [0.4, 0.5) is 0 Å². The smallest absolute Gasteiger partial charge is 0.227 e. The fourth-order valence-corrected chi connectivity index (χ4v) is 5.39. The molecule has 1 atom stereocenters. The molecule has 9 heteroatoms. The Bertz CT molecular complexity index is 852. The summed E-state index contributed by atoms with van der Waals surface area (Å²) in [6.07, 6.45) is 7.26. The van der Waals surface area contributed by atoms with Gasteiger partial charge in [-0.3, -0.25) is 4.90 Å². The molecule has 0 unspecified atom stereocenters. The second kappa shape index (κ2) is 7.73. The quantitative estimate of drug-likeness (QED) is 0.641. The van der Waals surface area contributed by atoms with Crippen LogP contribution >= 0.6 is 0 Å². The number of nitrogens with zero attached hydrogens (tertiary/aromatic N) is 4. The molecule has 8 nitrogen and oxygen atoms in total. The molecule has 0 spiro atoms. The van der Waals surface area contributed by atoms with Crippen molar-refractivity contribution in [3.8, 4) is 0 Å². The first-order valence-electron chi connectivity index (χ1n) is 9.48. The lowest BCUT2D eigenvalue weighted by atomic mass is 10.2. The van der Waals surface area contributed by atoms with Gasteiger partial charge in [0.25, 0.3) is 0 Å². The Balaban J connectivity index is 1.55. The molecule has 1 saturated heterocycles. The maximum absolute atomic E-state index is 12.9. The first kappa shape index (κ1) is 18.6. The van der Waals surface area contributed by atoms with Gasteiger partial charge < -0.3 is 13.8 Å². The Morgan fingerprint density at radius 2 is 2.15 bits per heavy atom. The van der Waals surface area contributed by atoms with Crippen molar-refractivity contribution in [2.45, 2.75) is 56.6 Å². The van der Waals surface area contributed by atoms with Crippen molar-refractivity contribution < 1.29 is 17.7 Å². The van der Waals surface area contributed by atoms with Crippen LogP contribution in [0.2, 0.25) is 0 Å². The van der Waals surface area contributed by atoms with E-state index in [1.807, 2.05) is 17.7 Å². The van der Waals surface area contributed by atoms with Gasteiger partial charge in [-0.15, -0.1) is 0 Å². The van der Waals surface area contributed by atoms with Crippen LogP contribution in [0, 0.1) is 5.92 Å². The van der Waals surface area contributed by atoms with E-state index >= 15 is 0 Å². The molecule has 4 rings (SSSR count). The summed E-state index contributed by atoms with van der Waals surface area (Å²) in [5.41, 5.74) is 1.72. The molecule has 2 aromatic heterocycles. The average Bonchev–Trinajstić information content (AvgIpc) is 3.05. The van der Waals surface area contributed by atoms with E-state index in [0.717, 1.165) is 43.7 Å². The molecule has 1 saturated carbocycles. The van der Waals surface area contributed by atoms with Gasteiger partial charge in [0, 0.05) is 25.8 Å². The number of rotatable bonds is 9. The molecule has 0 bridgehead atoms. The highest BCUT2D eigenvalue weighted by atomic mass is 32.2. The standard InChI is InChI=1S/C18H26N4O4S/c1-21(10-15-6-8-26-20-15)11-16-9-19-18(27(23,24)13-14-4-5-14)22(16)12-17-3-2-7-25-17/h6,8-9,14,17H,2-5,7,10-13H2,1H3/t17-/m0/s1. The molecule has 2 fully saturated rings. The second-order valence-corrected chi connectivity index (χ2v) is 9.59. The van der Waals surface area contributed by atoms with Gasteiger partial charge in [0.2, 0.25) is 15.0 Å². The van der Waals surface area contributed by atoms with Crippen LogP contribution in [0.25, 0.3) is 0 Å². The highest BCUT2D eigenvalue weighted by Crippen LogP contribution is 2.32. The van der Waals surface area contributed by atoms with E-state index in [9.17, 15) is 8.42 Å². The van der Waals surface area contributed by atoms with Crippen molar-refractivity contribution in [3.05, 3.63) is 29.9 Å². The number of imidazole rings is 1. The SMILES string of the molecule is CN(Cc1ccon1)Cc1cnc(S(=O)(=O)CC2CC2)n1C[C@@H]1CCCO1. The summed E-state index contributed by atoms with van der Waals surface area (Å²) in [5.74, 6) is 0.491. The zero-order valence-electron chi connectivity index (χ0n) is 15.6. The van der Waals surface area contributed by atoms with Crippen molar-refractivity contribution in [2.24, 2.45) is 5.92 Å². The van der Waals surface area contributed by atoms with Gasteiger partial charge in [-0.05, 0) is 38.6 Å². The van der Waals surface area contributed by atoms with Gasteiger partial charge in [0.05, 0.1) is 36.0 Å². The molecule has 0 amide bonds. The van der Waals surface area contributed by atoms with Crippen molar-refractivity contribution in [1.29, 1.82) is 0 Å². The number of hydrogen-bond acceptors (Lipinski definition) is 7.